The Morgan fingerprint density at radius 3 is 2.74 bits per heavy atom. The molecule has 0 saturated carbocycles. The number of likely N-dealkylation sites (tertiary alicyclic amines) is 1. The summed E-state index contributed by atoms with van der Waals surface area (Å²) in [5.74, 6) is 0.859. The van der Waals surface area contributed by atoms with Crippen LogP contribution in [0, 0.1) is 0 Å². The predicted octanol–water partition coefficient (Wildman–Crippen LogP) is 2.28. The summed E-state index contributed by atoms with van der Waals surface area (Å²) in [7, 11) is 0. The molecule has 5 heteroatoms. The zero-order valence-electron chi connectivity index (χ0n) is 12.1. The Labute approximate surface area is 115 Å². The van der Waals surface area contributed by atoms with Crippen LogP contribution in [0.5, 0.6) is 0 Å². The van der Waals surface area contributed by atoms with Gasteiger partial charge >= 0.3 is 0 Å². The van der Waals surface area contributed by atoms with Gasteiger partial charge in [0, 0.05) is 6.07 Å². The Hall–Kier alpha value is -1.36. The number of anilines is 1. The summed E-state index contributed by atoms with van der Waals surface area (Å²) in [6.45, 7) is 8.25. The van der Waals surface area contributed by atoms with E-state index in [2.05, 4.69) is 29.2 Å². The molecule has 2 heterocycles. The molecule has 1 amide bonds. The lowest BCUT2D eigenvalue weighted by molar-refractivity contribution is -0.120. The van der Waals surface area contributed by atoms with Gasteiger partial charge in [0.2, 0.25) is 5.91 Å². The van der Waals surface area contributed by atoms with Gasteiger partial charge in [0.1, 0.15) is 5.82 Å². The molecular weight excluding hydrogens is 240 g/mol. The molecule has 5 nitrogen and oxygen atoms in total. The fourth-order valence-corrected chi connectivity index (χ4v) is 2.46. The normalized spacial score (nSPS) is 19.3. The fraction of sp³-hybridized carbons (Fsp3) is 0.714. The lowest BCUT2D eigenvalue weighted by atomic mass is 10.2. The van der Waals surface area contributed by atoms with E-state index in [1.165, 1.54) is 12.8 Å². The lowest BCUT2D eigenvalue weighted by Gasteiger charge is -2.23. The molecule has 2 atom stereocenters. The Morgan fingerprint density at radius 2 is 2.11 bits per heavy atom. The van der Waals surface area contributed by atoms with Crippen molar-refractivity contribution in [2.75, 3.05) is 18.4 Å². The van der Waals surface area contributed by atoms with Crippen molar-refractivity contribution in [2.24, 2.45) is 0 Å². The van der Waals surface area contributed by atoms with E-state index in [1.807, 2.05) is 17.7 Å². The summed E-state index contributed by atoms with van der Waals surface area (Å²) in [5, 5.41) is 7.29. The molecule has 0 bridgehead atoms. The third kappa shape index (κ3) is 3.15. The predicted molar refractivity (Wildman–Crippen MR) is 76.1 cm³/mol. The van der Waals surface area contributed by atoms with Crippen molar-refractivity contribution in [3.8, 4) is 0 Å². The number of carbonyl (C=O) groups excluding carboxylic acids is 1. The van der Waals surface area contributed by atoms with E-state index in [0.29, 0.717) is 6.04 Å². The monoisotopic (exact) mass is 264 g/mol. The number of amides is 1. The lowest BCUT2D eigenvalue weighted by Crippen LogP contribution is -2.40. The number of hydrogen-bond donors (Lipinski definition) is 1. The van der Waals surface area contributed by atoms with E-state index in [9.17, 15) is 4.79 Å². The van der Waals surface area contributed by atoms with Gasteiger partial charge in [0.05, 0.1) is 18.3 Å². The van der Waals surface area contributed by atoms with E-state index in [4.69, 9.17) is 0 Å². The van der Waals surface area contributed by atoms with Crippen molar-refractivity contribution in [3.05, 3.63) is 12.3 Å². The molecule has 2 rings (SSSR count). The molecule has 0 aliphatic carbocycles. The minimum atomic E-state index is -0.0669. The van der Waals surface area contributed by atoms with Crippen molar-refractivity contribution in [3.63, 3.8) is 0 Å². The number of aromatic nitrogens is 2. The second-order valence-corrected chi connectivity index (χ2v) is 5.33. The maximum absolute atomic E-state index is 12.3. The number of nitrogens with zero attached hydrogens (tertiary/aromatic N) is 3. The van der Waals surface area contributed by atoms with Crippen LogP contribution < -0.4 is 5.32 Å². The zero-order chi connectivity index (χ0) is 13.8. The first-order valence-electron chi connectivity index (χ1n) is 7.22. The Kier molecular flexibility index (Phi) is 4.58. The maximum Gasteiger partial charge on any atom is 0.242 e. The molecule has 1 aromatic heterocycles. The number of nitrogens with one attached hydrogen (secondary N) is 1. The first-order valence-corrected chi connectivity index (χ1v) is 7.22. The van der Waals surface area contributed by atoms with Crippen molar-refractivity contribution in [2.45, 2.75) is 52.1 Å². The molecule has 0 spiro atoms. The van der Waals surface area contributed by atoms with Crippen LogP contribution in [0.3, 0.4) is 0 Å². The summed E-state index contributed by atoms with van der Waals surface area (Å²) in [5.41, 5.74) is 0. The van der Waals surface area contributed by atoms with E-state index >= 15 is 0 Å². The molecule has 1 aliphatic rings. The molecule has 0 aromatic carbocycles. The third-order valence-corrected chi connectivity index (χ3v) is 4.00. The van der Waals surface area contributed by atoms with Crippen LogP contribution in [0.15, 0.2) is 12.3 Å². The van der Waals surface area contributed by atoms with Gasteiger partial charge in [-0.05, 0) is 46.2 Å². The molecular formula is C14H24N4O. The summed E-state index contributed by atoms with van der Waals surface area (Å²) in [6.07, 6.45) is 5.12. The first-order chi connectivity index (χ1) is 9.13. The van der Waals surface area contributed by atoms with Crippen LogP contribution in [0.2, 0.25) is 0 Å². The Bertz CT molecular complexity index is 423. The quantitative estimate of drug-likeness (QED) is 0.887. The van der Waals surface area contributed by atoms with Crippen LogP contribution in [0.1, 0.15) is 46.1 Å². The molecule has 1 fully saturated rings. The second-order valence-electron chi connectivity index (χ2n) is 5.33. The fourth-order valence-electron chi connectivity index (χ4n) is 2.46. The van der Waals surface area contributed by atoms with Gasteiger partial charge in [0.15, 0.2) is 0 Å². The van der Waals surface area contributed by atoms with Gasteiger partial charge < -0.3 is 5.32 Å². The molecule has 1 saturated heterocycles. The van der Waals surface area contributed by atoms with Crippen LogP contribution in [0.25, 0.3) is 0 Å². The van der Waals surface area contributed by atoms with Crippen LogP contribution in [-0.2, 0) is 4.79 Å². The summed E-state index contributed by atoms with van der Waals surface area (Å²) in [6, 6.07) is 2.09. The summed E-state index contributed by atoms with van der Waals surface area (Å²) < 4.78 is 1.88. The molecule has 106 valence electrons. The minimum Gasteiger partial charge on any atom is -0.310 e. The topological polar surface area (TPSA) is 50.2 Å². The van der Waals surface area contributed by atoms with E-state index < -0.39 is 0 Å². The van der Waals surface area contributed by atoms with E-state index in [1.54, 1.807) is 6.20 Å². The van der Waals surface area contributed by atoms with Crippen molar-refractivity contribution in [1.29, 1.82) is 0 Å². The average molecular weight is 264 g/mol. The SMILES string of the molecule is CCC(C)n1nccc1NC(=O)C(C)N1CCCC1. The van der Waals surface area contributed by atoms with Gasteiger partial charge in [0.25, 0.3) is 0 Å². The minimum absolute atomic E-state index is 0.0620. The zero-order valence-corrected chi connectivity index (χ0v) is 12.1. The highest BCUT2D eigenvalue weighted by atomic mass is 16.2. The maximum atomic E-state index is 12.3. The Balaban J connectivity index is 2.00. The van der Waals surface area contributed by atoms with E-state index in [0.717, 1.165) is 25.3 Å². The van der Waals surface area contributed by atoms with Gasteiger partial charge in [-0.2, -0.15) is 5.10 Å². The van der Waals surface area contributed by atoms with E-state index in [-0.39, 0.29) is 11.9 Å². The highest BCUT2D eigenvalue weighted by molar-refractivity contribution is 5.93. The molecule has 19 heavy (non-hydrogen) atoms. The smallest absolute Gasteiger partial charge is 0.242 e. The average Bonchev–Trinajstić information content (AvgIpc) is 3.07. The van der Waals surface area contributed by atoms with Crippen LogP contribution >= 0.6 is 0 Å². The third-order valence-electron chi connectivity index (χ3n) is 4.00. The van der Waals surface area contributed by atoms with Crippen LogP contribution in [0.4, 0.5) is 5.82 Å². The highest BCUT2D eigenvalue weighted by Gasteiger charge is 2.24. The molecule has 2 unspecified atom stereocenters. The van der Waals surface area contributed by atoms with Crippen molar-refractivity contribution >= 4 is 11.7 Å². The van der Waals surface area contributed by atoms with Crippen molar-refractivity contribution < 1.29 is 4.79 Å². The molecule has 1 N–H and O–H groups in total. The first kappa shape index (κ1) is 14.1. The molecule has 1 aliphatic heterocycles. The Morgan fingerprint density at radius 1 is 1.42 bits per heavy atom. The highest BCUT2D eigenvalue weighted by Crippen LogP contribution is 2.18. The standard InChI is InChI=1S/C14H24N4O/c1-4-11(2)18-13(7-8-15-18)16-14(19)12(3)17-9-5-6-10-17/h7-8,11-12H,4-6,9-10H2,1-3H3,(H,16,19). The van der Waals surface area contributed by atoms with Crippen LogP contribution in [-0.4, -0.2) is 39.7 Å². The number of carbonyl (C=O) groups is 1. The summed E-state index contributed by atoms with van der Waals surface area (Å²) in [4.78, 5) is 14.5. The number of hydrogen-bond acceptors (Lipinski definition) is 3. The second kappa shape index (κ2) is 6.19. The molecule has 0 radical (unpaired) electrons. The van der Waals surface area contributed by atoms with Crippen molar-refractivity contribution in [1.82, 2.24) is 14.7 Å². The van der Waals surface area contributed by atoms with Gasteiger partial charge in [-0.15, -0.1) is 0 Å². The van der Waals surface area contributed by atoms with Gasteiger partial charge in [-0.25, -0.2) is 4.68 Å². The largest absolute Gasteiger partial charge is 0.310 e. The summed E-state index contributed by atoms with van der Waals surface area (Å²) >= 11 is 0. The van der Waals surface area contributed by atoms with Gasteiger partial charge in [-0.1, -0.05) is 6.92 Å². The van der Waals surface area contributed by atoms with Gasteiger partial charge in [-0.3, -0.25) is 9.69 Å². The molecule has 1 aromatic rings. The number of rotatable bonds is 5.